The second kappa shape index (κ2) is 8.51. The number of carbonyl (C=O) groups is 1. The lowest BCUT2D eigenvalue weighted by molar-refractivity contribution is 0.240. The summed E-state index contributed by atoms with van der Waals surface area (Å²) in [7, 11) is 0. The minimum atomic E-state index is -0.182. The van der Waals surface area contributed by atoms with Gasteiger partial charge in [0.2, 0.25) is 0 Å². The van der Waals surface area contributed by atoms with E-state index in [1.54, 1.807) is 11.3 Å². The maximum Gasteiger partial charge on any atom is 0.315 e. The summed E-state index contributed by atoms with van der Waals surface area (Å²) in [6, 6.07) is 7.53. The highest BCUT2D eigenvalue weighted by Gasteiger charge is 2.03. The summed E-state index contributed by atoms with van der Waals surface area (Å²) in [5.41, 5.74) is 2.92. The lowest BCUT2D eigenvalue weighted by Gasteiger charge is -2.07. The van der Waals surface area contributed by atoms with Crippen molar-refractivity contribution >= 4 is 17.4 Å². The number of aryl methyl sites for hydroxylation is 1. The fraction of sp³-hybridized carbons (Fsp3) is 0.375. The molecule has 1 aromatic carbocycles. The highest BCUT2D eigenvalue weighted by molar-refractivity contribution is 7.09. The average Bonchev–Trinajstić information content (AvgIpc) is 3.02. The van der Waals surface area contributed by atoms with Crippen LogP contribution in [0.3, 0.4) is 0 Å². The van der Waals surface area contributed by atoms with Gasteiger partial charge in [0.25, 0.3) is 0 Å². The number of amides is 2. The lowest BCUT2D eigenvalue weighted by Crippen LogP contribution is -2.36. The van der Waals surface area contributed by atoms with Crippen LogP contribution in [-0.4, -0.2) is 22.7 Å². The van der Waals surface area contributed by atoms with E-state index in [4.69, 9.17) is 5.11 Å². The third-order valence-corrected chi connectivity index (χ3v) is 4.28. The van der Waals surface area contributed by atoms with E-state index in [9.17, 15) is 4.79 Å². The quantitative estimate of drug-likeness (QED) is 0.733. The predicted molar refractivity (Wildman–Crippen MR) is 87.8 cm³/mol. The van der Waals surface area contributed by atoms with E-state index in [0.717, 1.165) is 34.7 Å². The standard InChI is InChI=1S/C16H21N3O2S/c1-2-15-19-14(11-22-15)9-18-16(21)17-8-7-12-3-5-13(10-20)6-4-12/h3-6,11,20H,2,7-10H2,1H3,(H2,17,18,21). The van der Waals surface area contributed by atoms with Gasteiger partial charge in [0.1, 0.15) is 0 Å². The van der Waals surface area contributed by atoms with Crippen LogP contribution in [0, 0.1) is 0 Å². The number of hydrogen-bond donors (Lipinski definition) is 3. The molecule has 2 rings (SSSR count). The molecule has 118 valence electrons. The van der Waals surface area contributed by atoms with Crippen LogP contribution < -0.4 is 10.6 Å². The molecule has 0 spiro atoms. The molecule has 0 aliphatic rings. The van der Waals surface area contributed by atoms with Gasteiger partial charge in [-0.05, 0) is 24.0 Å². The van der Waals surface area contributed by atoms with Crippen molar-refractivity contribution in [1.82, 2.24) is 15.6 Å². The number of nitrogens with one attached hydrogen (secondary N) is 2. The first-order valence-corrected chi connectivity index (χ1v) is 8.23. The Balaban J connectivity index is 1.66. The van der Waals surface area contributed by atoms with Gasteiger partial charge < -0.3 is 15.7 Å². The summed E-state index contributed by atoms with van der Waals surface area (Å²) >= 11 is 1.62. The van der Waals surface area contributed by atoms with Gasteiger partial charge >= 0.3 is 6.03 Å². The normalized spacial score (nSPS) is 10.5. The minimum Gasteiger partial charge on any atom is -0.392 e. The van der Waals surface area contributed by atoms with Gasteiger partial charge in [-0.1, -0.05) is 31.2 Å². The molecule has 6 heteroatoms. The van der Waals surface area contributed by atoms with Gasteiger partial charge in [-0.2, -0.15) is 0 Å². The number of rotatable bonds is 7. The van der Waals surface area contributed by atoms with Gasteiger partial charge in [-0.15, -0.1) is 11.3 Å². The molecule has 0 radical (unpaired) electrons. The molecule has 0 saturated heterocycles. The minimum absolute atomic E-state index is 0.0529. The summed E-state index contributed by atoms with van der Waals surface area (Å²) in [6.45, 7) is 3.14. The van der Waals surface area contributed by atoms with Gasteiger partial charge in [0.15, 0.2) is 0 Å². The first kappa shape index (κ1) is 16.5. The number of hydrogen-bond acceptors (Lipinski definition) is 4. The number of urea groups is 1. The molecule has 0 saturated carbocycles. The van der Waals surface area contributed by atoms with Gasteiger partial charge in [-0.3, -0.25) is 0 Å². The van der Waals surface area contributed by atoms with Crippen molar-refractivity contribution in [3.63, 3.8) is 0 Å². The zero-order chi connectivity index (χ0) is 15.8. The Hall–Kier alpha value is -1.92. The van der Waals surface area contributed by atoms with Crippen LogP contribution in [0.4, 0.5) is 4.79 Å². The third kappa shape index (κ3) is 5.13. The maximum absolute atomic E-state index is 11.7. The molecule has 0 bridgehead atoms. The number of aliphatic hydroxyl groups excluding tert-OH is 1. The number of carbonyl (C=O) groups excluding carboxylic acids is 1. The highest BCUT2D eigenvalue weighted by atomic mass is 32.1. The number of aromatic nitrogens is 1. The second-order valence-corrected chi connectivity index (χ2v) is 5.86. The van der Waals surface area contributed by atoms with E-state index in [2.05, 4.69) is 22.5 Å². The monoisotopic (exact) mass is 319 g/mol. The van der Waals surface area contributed by atoms with Crippen LogP contribution in [-0.2, 0) is 26.0 Å². The maximum atomic E-state index is 11.7. The summed E-state index contributed by atoms with van der Waals surface area (Å²) < 4.78 is 0. The van der Waals surface area contributed by atoms with E-state index in [1.807, 2.05) is 29.6 Å². The molecule has 1 heterocycles. The van der Waals surface area contributed by atoms with Crippen molar-refractivity contribution in [2.45, 2.75) is 32.9 Å². The second-order valence-electron chi connectivity index (χ2n) is 4.92. The predicted octanol–water partition coefficient (Wildman–Crippen LogP) is 2.24. The van der Waals surface area contributed by atoms with E-state index in [-0.39, 0.29) is 12.6 Å². The Morgan fingerprint density at radius 2 is 1.95 bits per heavy atom. The molecule has 0 atom stereocenters. The summed E-state index contributed by atoms with van der Waals surface area (Å²) in [5.74, 6) is 0. The molecule has 0 unspecified atom stereocenters. The number of aliphatic hydroxyl groups is 1. The molecular weight excluding hydrogens is 298 g/mol. The Labute approximate surface area is 134 Å². The Morgan fingerprint density at radius 3 is 2.59 bits per heavy atom. The summed E-state index contributed by atoms with van der Waals surface area (Å²) in [5, 5.41) is 17.7. The van der Waals surface area contributed by atoms with Crippen molar-refractivity contribution in [2.75, 3.05) is 6.54 Å². The van der Waals surface area contributed by atoms with Gasteiger partial charge in [0, 0.05) is 11.9 Å². The molecule has 2 aromatic rings. The van der Waals surface area contributed by atoms with Crippen molar-refractivity contribution in [2.24, 2.45) is 0 Å². The number of thiazole rings is 1. The molecule has 0 aliphatic heterocycles. The third-order valence-electron chi connectivity index (χ3n) is 3.24. The average molecular weight is 319 g/mol. The van der Waals surface area contributed by atoms with Crippen LogP contribution in [0.25, 0.3) is 0 Å². The molecular formula is C16H21N3O2S. The summed E-state index contributed by atoms with van der Waals surface area (Å²) in [6.07, 6.45) is 1.68. The van der Waals surface area contributed by atoms with E-state index >= 15 is 0 Å². The van der Waals surface area contributed by atoms with Crippen LogP contribution in [0.1, 0.15) is 28.8 Å². The van der Waals surface area contributed by atoms with E-state index in [1.165, 1.54) is 0 Å². The molecule has 0 fully saturated rings. The van der Waals surface area contributed by atoms with Gasteiger partial charge in [-0.25, -0.2) is 9.78 Å². The molecule has 2 amide bonds. The van der Waals surface area contributed by atoms with Crippen molar-refractivity contribution in [3.8, 4) is 0 Å². The Morgan fingerprint density at radius 1 is 1.23 bits per heavy atom. The SMILES string of the molecule is CCc1nc(CNC(=O)NCCc2ccc(CO)cc2)cs1. The smallest absolute Gasteiger partial charge is 0.315 e. The Kier molecular flexibility index (Phi) is 6.36. The molecule has 5 nitrogen and oxygen atoms in total. The molecule has 22 heavy (non-hydrogen) atoms. The van der Waals surface area contributed by atoms with Crippen molar-refractivity contribution in [1.29, 1.82) is 0 Å². The summed E-state index contributed by atoms with van der Waals surface area (Å²) in [4.78, 5) is 16.1. The fourth-order valence-corrected chi connectivity index (χ4v) is 2.70. The molecule has 0 aliphatic carbocycles. The van der Waals surface area contributed by atoms with Crippen molar-refractivity contribution in [3.05, 3.63) is 51.5 Å². The first-order chi connectivity index (χ1) is 10.7. The van der Waals surface area contributed by atoms with Crippen molar-refractivity contribution < 1.29 is 9.90 Å². The fourth-order valence-electron chi connectivity index (χ4n) is 1.96. The van der Waals surface area contributed by atoms with Crippen LogP contribution in [0.15, 0.2) is 29.6 Å². The zero-order valence-electron chi connectivity index (χ0n) is 12.6. The first-order valence-electron chi connectivity index (χ1n) is 7.35. The van der Waals surface area contributed by atoms with Gasteiger partial charge in [0.05, 0.1) is 23.9 Å². The number of benzene rings is 1. The highest BCUT2D eigenvalue weighted by Crippen LogP contribution is 2.09. The zero-order valence-corrected chi connectivity index (χ0v) is 13.4. The Bertz CT molecular complexity index is 596. The largest absolute Gasteiger partial charge is 0.392 e. The molecule has 1 aromatic heterocycles. The number of nitrogens with zero attached hydrogens (tertiary/aromatic N) is 1. The molecule has 3 N–H and O–H groups in total. The van der Waals surface area contributed by atoms with Crippen LogP contribution >= 0.6 is 11.3 Å². The van der Waals surface area contributed by atoms with E-state index in [0.29, 0.717) is 13.1 Å². The lowest BCUT2D eigenvalue weighted by atomic mass is 10.1. The van der Waals surface area contributed by atoms with Crippen LogP contribution in [0.5, 0.6) is 0 Å². The topological polar surface area (TPSA) is 74.2 Å². The van der Waals surface area contributed by atoms with E-state index < -0.39 is 0 Å². The van der Waals surface area contributed by atoms with Crippen LogP contribution in [0.2, 0.25) is 0 Å².